The Labute approximate surface area is 125 Å². The van der Waals surface area contributed by atoms with Crippen LogP contribution in [0.3, 0.4) is 0 Å². The summed E-state index contributed by atoms with van der Waals surface area (Å²) in [5.41, 5.74) is 3.39. The number of nitrogens with one attached hydrogen (secondary N) is 1. The van der Waals surface area contributed by atoms with Crippen molar-refractivity contribution in [2.45, 2.75) is 33.1 Å². The molecule has 0 atom stereocenters. The van der Waals surface area contributed by atoms with Gasteiger partial charge in [0.05, 0.1) is 12.3 Å². The molecule has 110 valence electrons. The first kappa shape index (κ1) is 13.9. The van der Waals surface area contributed by atoms with Crippen molar-refractivity contribution >= 4 is 5.82 Å². The van der Waals surface area contributed by atoms with Gasteiger partial charge in [-0.25, -0.2) is 9.97 Å². The lowest BCUT2D eigenvalue weighted by molar-refractivity contribution is 0.357. The SMILES string of the molecule is CCCc1nc(NCC)cc(-c2ccc3c(c2)CCO3)n1. The van der Waals surface area contributed by atoms with Crippen molar-refractivity contribution < 1.29 is 4.74 Å². The summed E-state index contributed by atoms with van der Waals surface area (Å²) >= 11 is 0. The maximum atomic E-state index is 5.57. The molecule has 2 heterocycles. The van der Waals surface area contributed by atoms with Crippen molar-refractivity contribution in [3.63, 3.8) is 0 Å². The highest BCUT2D eigenvalue weighted by atomic mass is 16.5. The number of rotatable bonds is 5. The van der Waals surface area contributed by atoms with Crippen LogP contribution in [-0.2, 0) is 12.8 Å². The Hall–Kier alpha value is -2.10. The molecule has 0 unspecified atom stereocenters. The first-order valence-electron chi connectivity index (χ1n) is 7.68. The van der Waals surface area contributed by atoms with Gasteiger partial charge in [0.15, 0.2) is 0 Å². The number of hydrogen-bond acceptors (Lipinski definition) is 4. The summed E-state index contributed by atoms with van der Waals surface area (Å²) in [6.45, 7) is 5.87. The molecular formula is C17H21N3O. The molecule has 1 aliphatic heterocycles. The van der Waals surface area contributed by atoms with Gasteiger partial charge in [-0.1, -0.05) is 6.92 Å². The highest BCUT2D eigenvalue weighted by Gasteiger charge is 2.14. The van der Waals surface area contributed by atoms with E-state index in [1.807, 2.05) is 12.1 Å². The normalized spacial score (nSPS) is 12.9. The molecule has 0 fully saturated rings. The molecule has 0 bridgehead atoms. The zero-order valence-electron chi connectivity index (χ0n) is 12.6. The highest BCUT2D eigenvalue weighted by molar-refractivity contribution is 5.65. The van der Waals surface area contributed by atoms with Gasteiger partial charge in [-0.3, -0.25) is 0 Å². The summed E-state index contributed by atoms with van der Waals surface area (Å²) in [7, 11) is 0. The van der Waals surface area contributed by atoms with Crippen molar-refractivity contribution in [3.8, 4) is 17.0 Å². The molecule has 0 saturated carbocycles. The summed E-state index contributed by atoms with van der Waals surface area (Å²) in [6.07, 6.45) is 2.93. The Morgan fingerprint density at radius 3 is 2.90 bits per heavy atom. The predicted octanol–water partition coefficient (Wildman–Crippen LogP) is 3.46. The lowest BCUT2D eigenvalue weighted by Crippen LogP contribution is -2.04. The lowest BCUT2D eigenvalue weighted by Gasteiger charge is -2.09. The van der Waals surface area contributed by atoms with Crippen LogP contribution < -0.4 is 10.1 Å². The zero-order chi connectivity index (χ0) is 14.7. The molecule has 1 aromatic carbocycles. The number of aromatic nitrogens is 2. The largest absolute Gasteiger partial charge is 0.493 e. The number of benzene rings is 1. The third-order valence-corrected chi connectivity index (χ3v) is 3.59. The smallest absolute Gasteiger partial charge is 0.131 e. The van der Waals surface area contributed by atoms with Crippen molar-refractivity contribution in [2.24, 2.45) is 0 Å². The standard InChI is InChI=1S/C17H21N3O/c1-3-5-16-19-14(11-17(20-16)18-4-2)12-6-7-15-13(10-12)8-9-21-15/h6-7,10-11H,3-5,8-9H2,1-2H3,(H,18,19,20). The summed E-state index contributed by atoms with van der Waals surface area (Å²) in [5, 5.41) is 3.29. The molecule has 0 aliphatic carbocycles. The maximum absolute atomic E-state index is 5.57. The Kier molecular flexibility index (Phi) is 4.04. The molecule has 21 heavy (non-hydrogen) atoms. The molecule has 0 amide bonds. The number of hydrogen-bond donors (Lipinski definition) is 1. The number of nitrogens with zero attached hydrogens (tertiary/aromatic N) is 2. The van der Waals surface area contributed by atoms with Crippen molar-refractivity contribution in [1.29, 1.82) is 0 Å². The van der Waals surface area contributed by atoms with E-state index in [-0.39, 0.29) is 0 Å². The van der Waals surface area contributed by atoms with Crippen LogP contribution in [0.25, 0.3) is 11.3 Å². The van der Waals surface area contributed by atoms with E-state index in [1.54, 1.807) is 0 Å². The lowest BCUT2D eigenvalue weighted by atomic mass is 10.1. The Balaban J connectivity index is 1.99. The highest BCUT2D eigenvalue weighted by Crippen LogP contribution is 2.30. The van der Waals surface area contributed by atoms with E-state index in [0.29, 0.717) is 0 Å². The van der Waals surface area contributed by atoms with Crippen LogP contribution in [0.1, 0.15) is 31.7 Å². The molecule has 2 aromatic rings. The van der Waals surface area contributed by atoms with Crippen LogP contribution in [-0.4, -0.2) is 23.1 Å². The molecule has 4 heteroatoms. The Morgan fingerprint density at radius 2 is 2.10 bits per heavy atom. The van der Waals surface area contributed by atoms with Crippen LogP contribution >= 0.6 is 0 Å². The third kappa shape index (κ3) is 2.99. The summed E-state index contributed by atoms with van der Waals surface area (Å²) in [5.74, 6) is 2.82. The molecule has 0 spiro atoms. The fourth-order valence-corrected chi connectivity index (χ4v) is 2.60. The van der Waals surface area contributed by atoms with Gasteiger partial charge in [-0.2, -0.15) is 0 Å². The summed E-state index contributed by atoms with van der Waals surface area (Å²) in [6, 6.07) is 8.35. The van der Waals surface area contributed by atoms with Gasteiger partial charge in [0, 0.05) is 31.0 Å². The fraction of sp³-hybridized carbons (Fsp3) is 0.412. The monoisotopic (exact) mass is 283 g/mol. The van der Waals surface area contributed by atoms with Gasteiger partial charge < -0.3 is 10.1 Å². The van der Waals surface area contributed by atoms with E-state index >= 15 is 0 Å². The third-order valence-electron chi connectivity index (χ3n) is 3.59. The summed E-state index contributed by atoms with van der Waals surface area (Å²) in [4.78, 5) is 9.27. The average molecular weight is 283 g/mol. The van der Waals surface area contributed by atoms with Gasteiger partial charge in [0.25, 0.3) is 0 Å². The Bertz CT molecular complexity index is 616. The minimum atomic E-state index is 0.784. The number of ether oxygens (including phenoxy) is 1. The van der Waals surface area contributed by atoms with Crippen LogP contribution in [0.15, 0.2) is 24.3 Å². The van der Waals surface area contributed by atoms with Gasteiger partial charge in [0.1, 0.15) is 17.4 Å². The molecule has 1 N–H and O–H groups in total. The van der Waals surface area contributed by atoms with Crippen molar-refractivity contribution in [2.75, 3.05) is 18.5 Å². The van der Waals surface area contributed by atoms with Gasteiger partial charge in [0.2, 0.25) is 0 Å². The molecular weight excluding hydrogens is 262 g/mol. The molecule has 3 rings (SSSR count). The van der Waals surface area contributed by atoms with Crippen LogP contribution in [0.2, 0.25) is 0 Å². The molecule has 0 saturated heterocycles. The Morgan fingerprint density at radius 1 is 1.19 bits per heavy atom. The maximum Gasteiger partial charge on any atom is 0.131 e. The second-order valence-corrected chi connectivity index (χ2v) is 5.26. The van der Waals surface area contributed by atoms with Crippen LogP contribution in [0, 0.1) is 0 Å². The van der Waals surface area contributed by atoms with E-state index in [0.717, 1.165) is 61.1 Å². The zero-order valence-corrected chi connectivity index (χ0v) is 12.6. The molecule has 4 nitrogen and oxygen atoms in total. The second-order valence-electron chi connectivity index (χ2n) is 5.26. The number of fused-ring (bicyclic) bond motifs is 1. The first-order chi connectivity index (χ1) is 10.3. The van der Waals surface area contributed by atoms with Gasteiger partial charge in [-0.15, -0.1) is 0 Å². The summed E-state index contributed by atoms with van der Waals surface area (Å²) < 4.78 is 5.57. The van der Waals surface area contributed by atoms with Crippen LogP contribution in [0.4, 0.5) is 5.82 Å². The van der Waals surface area contributed by atoms with E-state index in [2.05, 4.69) is 36.3 Å². The van der Waals surface area contributed by atoms with Gasteiger partial charge >= 0.3 is 0 Å². The van der Waals surface area contributed by atoms with E-state index in [4.69, 9.17) is 9.72 Å². The van der Waals surface area contributed by atoms with E-state index < -0.39 is 0 Å². The van der Waals surface area contributed by atoms with Crippen molar-refractivity contribution in [3.05, 3.63) is 35.7 Å². The van der Waals surface area contributed by atoms with Gasteiger partial charge in [-0.05, 0) is 37.1 Å². The number of aryl methyl sites for hydroxylation is 1. The van der Waals surface area contributed by atoms with E-state index in [9.17, 15) is 0 Å². The molecule has 0 radical (unpaired) electrons. The molecule has 1 aromatic heterocycles. The average Bonchev–Trinajstić information content (AvgIpc) is 2.95. The number of anilines is 1. The minimum absolute atomic E-state index is 0.784. The van der Waals surface area contributed by atoms with E-state index in [1.165, 1.54) is 5.56 Å². The topological polar surface area (TPSA) is 47.0 Å². The van der Waals surface area contributed by atoms with Crippen LogP contribution in [0.5, 0.6) is 5.75 Å². The minimum Gasteiger partial charge on any atom is -0.493 e. The predicted molar refractivity (Wildman–Crippen MR) is 84.8 cm³/mol. The quantitative estimate of drug-likeness (QED) is 0.913. The molecule has 1 aliphatic rings. The first-order valence-corrected chi connectivity index (χ1v) is 7.68. The second kappa shape index (κ2) is 6.12. The van der Waals surface area contributed by atoms with Crippen molar-refractivity contribution in [1.82, 2.24) is 9.97 Å². The fourth-order valence-electron chi connectivity index (χ4n) is 2.60.